The van der Waals surface area contributed by atoms with Crippen LogP contribution in [0.5, 0.6) is 11.5 Å². The third-order valence-electron chi connectivity index (χ3n) is 4.96. The SMILES string of the molecule is Br.NC1CCc2cc(OC(=O)c3ccccc3)c(OC(=O)c3ccccc3)cc2C1. The normalized spacial score (nSPS) is 14.8. The summed E-state index contributed by atoms with van der Waals surface area (Å²) in [5, 5.41) is 0. The van der Waals surface area contributed by atoms with Crippen LogP contribution in [0.15, 0.2) is 72.8 Å². The quantitative estimate of drug-likeness (QED) is 0.450. The second-order valence-electron chi connectivity index (χ2n) is 7.08. The molecule has 3 aromatic carbocycles. The molecule has 3 aromatic rings. The molecule has 4 rings (SSSR count). The minimum absolute atomic E-state index is 0. The van der Waals surface area contributed by atoms with Gasteiger partial charge in [0.2, 0.25) is 0 Å². The van der Waals surface area contributed by atoms with E-state index in [9.17, 15) is 9.59 Å². The van der Waals surface area contributed by atoms with Crippen LogP contribution in [0.25, 0.3) is 0 Å². The number of rotatable bonds is 4. The molecule has 0 aromatic heterocycles. The Kier molecular flexibility index (Phi) is 7.03. The Morgan fingerprint density at radius 1 is 0.767 bits per heavy atom. The van der Waals surface area contributed by atoms with Crippen LogP contribution in [0.4, 0.5) is 0 Å². The van der Waals surface area contributed by atoms with Gasteiger partial charge in [0.05, 0.1) is 11.1 Å². The predicted octanol–water partition coefficient (Wildman–Crippen LogP) is 4.52. The van der Waals surface area contributed by atoms with E-state index in [0.29, 0.717) is 17.5 Å². The molecule has 0 fully saturated rings. The van der Waals surface area contributed by atoms with E-state index in [4.69, 9.17) is 15.2 Å². The maximum Gasteiger partial charge on any atom is 0.343 e. The Morgan fingerprint density at radius 3 is 1.73 bits per heavy atom. The first-order chi connectivity index (χ1) is 14.1. The van der Waals surface area contributed by atoms with E-state index in [1.807, 2.05) is 12.1 Å². The van der Waals surface area contributed by atoms with Gasteiger partial charge in [-0.25, -0.2) is 9.59 Å². The summed E-state index contributed by atoms with van der Waals surface area (Å²) >= 11 is 0. The summed E-state index contributed by atoms with van der Waals surface area (Å²) in [6.07, 6.45) is 2.35. The average molecular weight is 468 g/mol. The Balaban J connectivity index is 0.00000256. The number of fused-ring (bicyclic) bond motifs is 1. The molecule has 0 heterocycles. The molecule has 1 aliphatic rings. The molecule has 0 radical (unpaired) electrons. The number of halogens is 1. The minimum Gasteiger partial charge on any atom is -0.419 e. The van der Waals surface area contributed by atoms with Gasteiger partial charge in [0.25, 0.3) is 0 Å². The van der Waals surface area contributed by atoms with E-state index in [-0.39, 0.29) is 34.5 Å². The van der Waals surface area contributed by atoms with E-state index in [0.717, 1.165) is 24.0 Å². The van der Waals surface area contributed by atoms with Crippen molar-refractivity contribution in [3.8, 4) is 11.5 Å². The van der Waals surface area contributed by atoms with E-state index >= 15 is 0 Å². The summed E-state index contributed by atoms with van der Waals surface area (Å²) in [6, 6.07) is 21.0. The summed E-state index contributed by atoms with van der Waals surface area (Å²) in [6.45, 7) is 0. The van der Waals surface area contributed by atoms with Crippen molar-refractivity contribution in [3.63, 3.8) is 0 Å². The lowest BCUT2D eigenvalue weighted by Crippen LogP contribution is -2.28. The number of aryl methyl sites for hydroxylation is 1. The second-order valence-corrected chi connectivity index (χ2v) is 7.08. The smallest absolute Gasteiger partial charge is 0.343 e. The van der Waals surface area contributed by atoms with Gasteiger partial charge in [0.1, 0.15) is 0 Å². The predicted molar refractivity (Wildman–Crippen MR) is 120 cm³/mol. The van der Waals surface area contributed by atoms with Crippen LogP contribution < -0.4 is 15.2 Å². The lowest BCUT2D eigenvalue weighted by molar-refractivity contribution is 0.0682. The van der Waals surface area contributed by atoms with Gasteiger partial charge in [-0.2, -0.15) is 0 Å². The number of esters is 2. The van der Waals surface area contributed by atoms with Crippen molar-refractivity contribution in [2.45, 2.75) is 25.3 Å². The largest absolute Gasteiger partial charge is 0.419 e. The van der Waals surface area contributed by atoms with Gasteiger partial charge in [-0.3, -0.25) is 0 Å². The highest BCUT2D eigenvalue weighted by atomic mass is 79.9. The van der Waals surface area contributed by atoms with Crippen molar-refractivity contribution in [1.29, 1.82) is 0 Å². The van der Waals surface area contributed by atoms with Crippen LogP contribution in [-0.2, 0) is 12.8 Å². The number of carbonyl (C=O) groups excluding carboxylic acids is 2. The van der Waals surface area contributed by atoms with E-state index in [2.05, 4.69) is 0 Å². The summed E-state index contributed by atoms with van der Waals surface area (Å²) in [5.74, 6) is -0.564. The molecule has 6 heteroatoms. The van der Waals surface area contributed by atoms with Crippen molar-refractivity contribution in [2.75, 3.05) is 0 Å². The summed E-state index contributed by atoms with van der Waals surface area (Å²) in [7, 11) is 0. The summed E-state index contributed by atoms with van der Waals surface area (Å²) < 4.78 is 11.2. The van der Waals surface area contributed by atoms with E-state index in [1.54, 1.807) is 60.7 Å². The first-order valence-electron chi connectivity index (χ1n) is 9.56. The van der Waals surface area contributed by atoms with E-state index in [1.165, 1.54) is 0 Å². The monoisotopic (exact) mass is 467 g/mol. The summed E-state index contributed by atoms with van der Waals surface area (Å²) in [4.78, 5) is 25.1. The molecular weight excluding hydrogens is 446 g/mol. The highest BCUT2D eigenvalue weighted by Crippen LogP contribution is 2.35. The van der Waals surface area contributed by atoms with Crippen molar-refractivity contribution in [2.24, 2.45) is 5.73 Å². The fraction of sp³-hybridized carbons (Fsp3) is 0.167. The first-order valence-corrected chi connectivity index (χ1v) is 9.56. The molecule has 5 nitrogen and oxygen atoms in total. The maximum absolute atomic E-state index is 12.6. The molecule has 0 bridgehead atoms. The molecular formula is C24H22BrNO4. The third-order valence-corrected chi connectivity index (χ3v) is 4.96. The number of hydrogen-bond donors (Lipinski definition) is 1. The van der Waals surface area contributed by atoms with Crippen LogP contribution in [0.3, 0.4) is 0 Å². The van der Waals surface area contributed by atoms with Crippen molar-refractivity contribution < 1.29 is 19.1 Å². The average Bonchev–Trinajstić information content (AvgIpc) is 2.75. The first kappa shape index (κ1) is 21.7. The number of ether oxygens (including phenoxy) is 2. The highest BCUT2D eigenvalue weighted by Gasteiger charge is 2.22. The molecule has 0 saturated heterocycles. The van der Waals surface area contributed by atoms with Crippen molar-refractivity contribution in [1.82, 2.24) is 0 Å². The van der Waals surface area contributed by atoms with Crippen molar-refractivity contribution >= 4 is 28.9 Å². The van der Waals surface area contributed by atoms with Crippen LogP contribution in [0, 0.1) is 0 Å². The van der Waals surface area contributed by atoms with Crippen molar-refractivity contribution in [3.05, 3.63) is 95.1 Å². The van der Waals surface area contributed by atoms with Crippen LogP contribution >= 0.6 is 17.0 Å². The molecule has 0 amide bonds. The zero-order chi connectivity index (χ0) is 20.2. The molecule has 154 valence electrons. The Bertz CT molecular complexity index is 1040. The molecule has 2 N–H and O–H groups in total. The molecule has 30 heavy (non-hydrogen) atoms. The molecule has 0 spiro atoms. The molecule has 0 aliphatic heterocycles. The second kappa shape index (κ2) is 9.69. The van der Waals surface area contributed by atoms with Crippen LogP contribution in [-0.4, -0.2) is 18.0 Å². The van der Waals surface area contributed by atoms with Gasteiger partial charge in [-0.05, 0) is 66.8 Å². The fourth-order valence-corrected chi connectivity index (χ4v) is 3.42. The topological polar surface area (TPSA) is 78.6 Å². The van der Waals surface area contributed by atoms with E-state index < -0.39 is 11.9 Å². The van der Waals surface area contributed by atoms with Gasteiger partial charge in [0.15, 0.2) is 11.5 Å². The number of benzene rings is 3. The number of carbonyl (C=O) groups is 2. The van der Waals surface area contributed by atoms with Crippen LogP contribution in [0.1, 0.15) is 38.3 Å². The highest BCUT2D eigenvalue weighted by molar-refractivity contribution is 8.93. The third kappa shape index (κ3) is 4.96. The number of hydrogen-bond acceptors (Lipinski definition) is 5. The maximum atomic E-state index is 12.6. The zero-order valence-corrected chi connectivity index (χ0v) is 18.0. The lowest BCUT2D eigenvalue weighted by atomic mass is 9.88. The fourth-order valence-electron chi connectivity index (χ4n) is 3.42. The Labute approximate surface area is 185 Å². The van der Waals surface area contributed by atoms with Gasteiger partial charge >= 0.3 is 11.9 Å². The lowest BCUT2D eigenvalue weighted by Gasteiger charge is -2.23. The molecule has 1 aliphatic carbocycles. The Hall–Kier alpha value is -2.96. The van der Waals surface area contributed by atoms with Gasteiger partial charge in [-0.1, -0.05) is 36.4 Å². The van der Waals surface area contributed by atoms with Crippen LogP contribution in [0.2, 0.25) is 0 Å². The minimum atomic E-state index is -0.511. The molecule has 1 unspecified atom stereocenters. The van der Waals surface area contributed by atoms with Gasteiger partial charge in [-0.15, -0.1) is 17.0 Å². The zero-order valence-electron chi connectivity index (χ0n) is 16.2. The molecule has 1 atom stereocenters. The number of nitrogens with two attached hydrogens (primary N) is 1. The standard InChI is InChI=1S/C24H21NO4.BrH/c25-20-12-11-18-14-21(28-23(26)16-7-3-1-4-8-16)22(15-19(18)13-20)29-24(27)17-9-5-2-6-10-17;/h1-10,14-15,20H,11-13,25H2;1H. The molecule has 0 saturated carbocycles. The summed E-state index contributed by atoms with van der Waals surface area (Å²) in [5.41, 5.74) is 9.01. The van der Waals surface area contributed by atoms with Gasteiger partial charge < -0.3 is 15.2 Å². The Morgan fingerprint density at radius 2 is 1.23 bits per heavy atom. The van der Waals surface area contributed by atoms with Gasteiger partial charge in [0, 0.05) is 6.04 Å².